The van der Waals surface area contributed by atoms with Crippen molar-refractivity contribution in [2.45, 2.75) is 31.9 Å². The molecule has 2 N–H and O–H groups in total. The molecule has 0 saturated heterocycles. The molecule has 2 atom stereocenters. The second-order valence-electron chi connectivity index (χ2n) is 5.43. The van der Waals surface area contributed by atoms with Crippen LogP contribution in [0.3, 0.4) is 0 Å². The zero-order valence-electron chi connectivity index (χ0n) is 12.3. The van der Waals surface area contributed by atoms with E-state index in [-0.39, 0.29) is 18.2 Å². The van der Waals surface area contributed by atoms with E-state index in [0.717, 1.165) is 23.1 Å². The van der Waals surface area contributed by atoms with Crippen molar-refractivity contribution in [2.24, 2.45) is 0 Å². The molecule has 108 valence electrons. The lowest BCUT2D eigenvalue weighted by Gasteiger charge is -2.30. The highest BCUT2D eigenvalue weighted by Gasteiger charge is 2.24. The summed E-state index contributed by atoms with van der Waals surface area (Å²) in [7, 11) is 1.85. The largest absolute Gasteiger partial charge is 0.490 e. The van der Waals surface area contributed by atoms with Crippen LogP contribution >= 0.6 is 0 Å². The van der Waals surface area contributed by atoms with Crippen LogP contribution in [0.5, 0.6) is 5.75 Å². The average molecular weight is 274 g/mol. The Bertz CT molecular complexity index is 562. The summed E-state index contributed by atoms with van der Waals surface area (Å²) >= 11 is 0. The van der Waals surface area contributed by atoms with Crippen molar-refractivity contribution >= 4 is 10.9 Å². The summed E-state index contributed by atoms with van der Waals surface area (Å²) in [5.41, 5.74) is 0.596. The Labute approximate surface area is 119 Å². The highest BCUT2D eigenvalue weighted by atomic mass is 16.5. The number of pyridine rings is 1. The number of likely N-dealkylation sites (N-methyl/N-ethyl adjacent to an activating group) is 1. The molecule has 2 unspecified atom stereocenters. The van der Waals surface area contributed by atoms with Gasteiger partial charge in [-0.2, -0.15) is 0 Å². The van der Waals surface area contributed by atoms with Crippen molar-refractivity contribution in [3.63, 3.8) is 0 Å². The fourth-order valence-corrected chi connectivity index (χ4v) is 2.32. The number of rotatable bonds is 6. The number of aliphatic hydroxyl groups is 1. The van der Waals surface area contributed by atoms with Crippen LogP contribution in [0.4, 0.5) is 0 Å². The first kappa shape index (κ1) is 14.8. The lowest BCUT2D eigenvalue weighted by Crippen LogP contribution is -2.46. The van der Waals surface area contributed by atoms with Crippen LogP contribution in [-0.2, 0) is 0 Å². The molecule has 4 nitrogen and oxygen atoms in total. The lowest BCUT2D eigenvalue weighted by molar-refractivity contribution is 0.116. The number of hydrogen-bond donors (Lipinski definition) is 2. The maximum absolute atomic E-state index is 9.44. The van der Waals surface area contributed by atoms with E-state index >= 15 is 0 Å². The Morgan fingerprint density at radius 2 is 2.15 bits per heavy atom. The number of fused-ring (bicyclic) bond motifs is 1. The number of aromatic nitrogens is 1. The molecule has 0 amide bonds. The average Bonchev–Trinajstić information content (AvgIpc) is 2.47. The third-order valence-corrected chi connectivity index (χ3v) is 3.62. The van der Waals surface area contributed by atoms with E-state index < -0.39 is 0 Å². The first-order valence-corrected chi connectivity index (χ1v) is 6.88. The van der Waals surface area contributed by atoms with Gasteiger partial charge in [0.15, 0.2) is 0 Å². The fraction of sp³-hybridized carbons (Fsp3) is 0.438. The molecule has 0 fully saturated rings. The van der Waals surface area contributed by atoms with E-state index in [1.54, 1.807) is 6.20 Å². The van der Waals surface area contributed by atoms with Crippen LogP contribution in [0.1, 0.15) is 20.3 Å². The van der Waals surface area contributed by atoms with Crippen LogP contribution in [0, 0.1) is 0 Å². The van der Waals surface area contributed by atoms with Gasteiger partial charge in [-0.05, 0) is 45.2 Å². The van der Waals surface area contributed by atoms with Crippen molar-refractivity contribution < 1.29 is 9.84 Å². The van der Waals surface area contributed by atoms with Crippen LogP contribution in [-0.4, -0.2) is 35.4 Å². The van der Waals surface area contributed by atoms with Crippen molar-refractivity contribution in [3.8, 4) is 5.75 Å². The predicted octanol–water partition coefficient (Wildman–Crippen LogP) is 2.36. The Kier molecular flexibility index (Phi) is 4.57. The van der Waals surface area contributed by atoms with E-state index in [1.807, 2.05) is 51.2 Å². The summed E-state index contributed by atoms with van der Waals surface area (Å²) < 4.78 is 6.04. The molecule has 0 aliphatic rings. The highest BCUT2D eigenvalue weighted by Crippen LogP contribution is 2.26. The molecule has 0 aliphatic carbocycles. The van der Waals surface area contributed by atoms with Crippen molar-refractivity contribution in [1.29, 1.82) is 0 Å². The van der Waals surface area contributed by atoms with Crippen LogP contribution in [0.15, 0.2) is 36.5 Å². The third-order valence-electron chi connectivity index (χ3n) is 3.62. The number of hydrogen-bond acceptors (Lipinski definition) is 4. The SMILES string of the molecule is CNC(C)(CO)CC(C)Oc1cccc2ncccc12. The summed E-state index contributed by atoms with van der Waals surface area (Å²) in [6.45, 7) is 4.08. The number of nitrogens with one attached hydrogen (secondary N) is 1. The van der Waals surface area contributed by atoms with Gasteiger partial charge >= 0.3 is 0 Å². The summed E-state index contributed by atoms with van der Waals surface area (Å²) in [5.74, 6) is 0.833. The summed E-state index contributed by atoms with van der Waals surface area (Å²) in [5, 5.41) is 13.6. The molecule has 0 radical (unpaired) electrons. The summed E-state index contributed by atoms with van der Waals surface area (Å²) in [4.78, 5) is 4.32. The topological polar surface area (TPSA) is 54.4 Å². The Morgan fingerprint density at radius 1 is 1.35 bits per heavy atom. The first-order chi connectivity index (χ1) is 9.58. The molecule has 0 bridgehead atoms. The fourth-order valence-electron chi connectivity index (χ4n) is 2.32. The highest BCUT2D eigenvalue weighted by molar-refractivity contribution is 5.84. The van der Waals surface area contributed by atoms with Gasteiger partial charge in [-0.3, -0.25) is 4.98 Å². The zero-order valence-corrected chi connectivity index (χ0v) is 12.3. The van der Waals surface area contributed by atoms with Gasteiger partial charge in [0, 0.05) is 23.5 Å². The van der Waals surface area contributed by atoms with Gasteiger partial charge in [-0.15, -0.1) is 0 Å². The Balaban J connectivity index is 2.16. The van der Waals surface area contributed by atoms with Crippen LogP contribution < -0.4 is 10.1 Å². The quantitative estimate of drug-likeness (QED) is 0.849. The molecular formula is C16H22N2O2. The minimum absolute atomic E-state index is 0.00888. The lowest BCUT2D eigenvalue weighted by atomic mass is 9.96. The maximum Gasteiger partial charge on any atom is 0.129 e. The first-order valence-electron chi connectivity index (χ1n) is 6.88. The molecule has 0 aliphatic heterocycles. The number of benzene rings is 1. The molecule has 4 heteroatoms. The number of nitrogens with zero attached hydrogens (tertiary/aromatic N) is 1. The molecule has 0 saturated carbocycles. The standard InChI is InChI=1S/C16H22N2O2/c1-12(10-16(2,11-19)17-3)20-15-8-4-7-14-13(15)6-5-9-18-14/h4-9,12,17,19H,10-11H2,1-3H3. The normalized spacial score (nSPS) is 15.8. The van der Waals surface area contributed by atoms with Crippen molar-refractivity contribution in [1.82, 2.24) is 10.3 Å². The van der Waals surface area contributed by atoms with Gasteiger partial charge in [0.05, 0.1) is 18.2 Å². The second-order valence-corrected chi connectivity index (χ2v) is 5.43. The number of ether oxygens (including phenoxy) is 1. The van der Waals surface area contributed by atoms with Gasteiger partial charge < -0.3 is 15.2 Å². The van der Waals surface area contributed by atoms with Crippen LogP contribution in [0.25, 0.3) is 10.9 Å². The van der Waals surface area contributed by atoms with E-state index in [9.17, 15) is 5.11 Å². The third kappa shape index (κ3) is 3.26. The van der Waals surface area contributed by atoms with Crippen LogP contribution in [0.2, 0.25) is 0 Å². The molecule has 2 rings (SSSR count). The molecule has 0 spiro atoms. The Morgan fingerprint density at radius 3 is 2.85 bits per heavy atom. The molecule has 1 heterocycles. The minimum atomic E-state index is -0.331. The molecule has 1 aromatic carbocycles. The molecule has 20 heavy (non-hydrogen) atoms. The van der Waals surface area contributed by atoms with Crippen molar-refractivity contribution in [2.75, 3.05) is 13.7 Å². The van der Waals surface area contributed by atoms with Gasteiger partial charge in [-0.25, -0.2) is 0 Å². The molecular weight excluding hydrogens is 252 g/mol. The maximum atomic E-state index is 9.44. The summed E-state index contributed by atoms with van der Waals surface area (Å²) in [6, 6.07) is 9.79. The van der Waals surface area contributed by atoms with Gasteiger partial charge in [0.2, 0.25) is 0 Å². The van der Waals surface area contributed by atoms with Gasteiger partial charge in [0.25, 0.3) is 0 Å². The second kappa shape index (κ2) is 6.20. The van der Waals surface area contributed by atoms with Crippen molar-refractivity contribution in [3.05, 3.63) is 36.5 Å². The Hall–Kier alpha value is -1.65. The molecule has 2 aromatic rings. The summed E-state index contributed by atoms with van der Waals surface area (Å²) in [6.07, 6.45) is 2.49. The van der Waals surface area contributed by atoms with Gasteiger partial charge in [0.1, 0.15) is 5.75 Å². The number of aliphatic hydroxyl groups excluding tert-OH is 1. The molecule has 1 aromatic heterocycles. The minimum Gasteiger partial charge on any atom is -0.490 e. The predicted molar refractivity (Wildman–Crippen MR) is 81.0 cm³/mol. The van der Waals surface area contributed by atoms with Gasteiger partial charge in [-0.1, -0.05) is 6.07 Å². The van der Waals surface area contributed by atoms with E-state index in [0.29, 0.717) is 0 Å². The smallest absolute Gasteiger partial charge is 0.129 e. The van der Waals surface area contributed by atoms with E-state index in [4.69, 9.17) is 4.74 Å². The monoisotopic (exact) mass is 274 g/mol. The zero-order chi connectivity index (χ0) is 14.6. The van der Waals surface area contributed by atoms with E-state index in [1.165, 1.54) is 0 Å². The van der Waals surface area contributed by atoms with E-state index in [2.05, 4.69) is 10.3 Å².